The minimum atomic E-state index is 0.565. The maximum absolute atomic E-state index is 6.03. The predicted octanol–water partition coefficient (Wildman–Crippen LogP) is 2.36. The van der Waals surface area contributed by atoms with Crippen molar-refractivity contribution in [2.75, 3.05) is 46.3 Å². The minimum absolute atomic E-state index is 0.565. The molecule has 2 aliphatic rings. The molecule has 3 rings (SSSR count). The van der Waals surface area contributed by atoms with Crippen LogP contribution in [-0.2, 0) is 13.1 Å². The van der Waals surface area contributed by atoms with Gasteiger partial charge in [-0.05, 0) is 57.0 Å². The van der Waals surface area contributed by atoms with Crippen LogP contribution in [0.1, 0.15) is 41.5 Å². The molecule has 0 aliphatic carbocycles. The van der Waals surface area contributed by atoms with Crippen molar-refractivity contribution in [3.63, 3.8) is 0 Å². The average Bonchev–Trinajstić information content (AvgIpc) is 2.61. The van der Waals surface area contributed by atoms with Crippen LogP contribution in [0.2, 0.25) is 0 Å². The Morgan fingerprint density at radius 3 is 2.32 bits per heavy atom. The van der Waals surface area contributed by atoms with Crippen LogP contribution in [-0.4, -0.2) is 67.1 Å². The summed E-state index contributed by atoms with van der Waals surface area (Å²) in [5, 5.41) is 0. The van der Waals surface area contributed by atoms with Crippen LogP contribution in [0.4, 0.5) is 0 Å². The Balaban J connectivity index is 1.72. The molecule has 0 aromatic heterocycles. The molecule has 2 fully saturated rings. The number of likely N-dealkylation sites (tertiary alicyclic amines) is 1. The first-order chi connectivity index (χ1) is 12.1. The molecule has 4 nitrogen and oxygen atoms in total. The van der Waals surface area contributed by atoms with Gasteiger partial charge in [-0.25, -0.2) is 0 Å². The zero-order chi connectivity index (χ0) is 17.8. The lowest BCUT2D eigenvalue weighted by Gasteiger charge is -2.36. The van der Waals surface area contributed by atoms with Crippen LogP contribution in [0.5, 0.6) is 0 Å². The summed E-state index contributed by atoms with van der Waals surface area (Å²) in [7, 11) is 2.22. The van der Waals surface area contributed by atoms with Gasteiger partial charge in [0.2, 0.25) is 0 Å². The summed E-state index contributed by atoms with van der Waals surface area (Å²) in [6, 6.07) is 5.36. The van der Waals surface area contributed by atoms with Gasteiger partial charge in [0.15, 0.2) is 0 Å². The molecule has 0 bridgehead atoms. The first-order valence-corrected chi connectivity index (χ1v) is 10.0. The first kappa shape index (κ1) is 18.8. The molecule has 2 aliphatic heterocycles. The molecule has 2 saturated heterocycles. The highest BCUT2D eigenvalue weighted by molar-refractivity contribution is 5.38. The first-order valence-electron chi connectivity index (χ1n) is 10.0. The van der Waals surface area contributed by atoms with Crippen molar-refractivity contribution in [1.29, 1.82) is 0 Å². The lowest BCUT2D eigenvalue weighted by atomic mass is 9.96. The van der Waals surface area contributed by atoms with Gasteiger partial charge in [0.1, 0.15) is 0 Å². The Morgan fingerprint density at radius 2 is 1.64 bits per heavy atom. The van der Waals surface area contributed by atoms with Crippen LogP contribution in [0.3, 0.4) is 0 Å². The van der Waals surface area contributed by atoms with Gasteiger partial charge >= 0.3 is 0 Å². The molecular formula is C21H36N4. The number of nitrogens with two attached hydrogens (primary N) is 1. The third-order valence-corrected chi connectivity index (χ3v) is 6.15. The van der Waals surface area contributed by atoms with Crippen molar-refractivity contribution in [3.8, 4) is 0 Å². The highest BCUT2D eigenvalue weighted by Gasteiger charge is 2.22. The molecule has 0 saturated carbocycles. The van der Waals surface area contributed by atoms with Crippen LogP contribution in [0.25, 0.3) is 0 Å². The summed E-state index contributed by atoms with van der Waals surface area (Å²) in [6.45, 7) is 13.4. The molecule has 0 spiro atoms. The molecule has 25 heavy (non-hydrogen) atoms. The van der Waals surface area contributed by atoms with Gasteiger partial charge < -0.3 is 10.6 Å². The van der Waals surface area contributed by atoms with Gasteiger partial charge in [0.25, 0.3) is 0 Å². The summed E-state index contributed by atoms with van der Waals surface area (Å²) in [4.78, 5) is 7.65. The van der Waals surface area contributed by atoms with E-state index < -0.39 is 0 Å². The number of piperidine rings is 1. The van der Waals surface area contributed by atoms with Crippen molar-refractivity contribution in [3.05, 3.63) is 34.4 Å². The fourth-order valence-corrected chi connectivity index (χ4v) is 4.34. The second kappa shape index (κ2) is 8.63. The largest absolute Gasteiger partial charge is 0.329 e. The van der Waals surface area contributed by atoms with Gasteiger partial charge in [0.05, 0.1) is 0 Å². The topological polar surface area (TPSA) is 35.7 Å². The van der Waals surface area contributed by atoms with Crippen LogP contribution < -0.4 is 5.73 Å². The maximum Gasteiger partial charge on any atom is 0.0240 e. The maximum atomic E-state index is 6.03. The Morgan fingerprint density at radius 1 is 0.960 bits per heavy atom. The Hall–Kier alpha value is -0.940. The van der Waals surface area contributed by atoms with Gasteiger partial charge in [-0.3, -0.25) is 9.80 Å². The van der Waals surface area contributed by atoms with E-state index >= 15 is 0 Å². The highest BCUT2D eigenvalue weighted by atomic mass is 15.2. The van der Waals surface area contributed by atoms with E-state index in [1.54, 1.807) is 0 Å². The summed E-state index contributed by atoms with van der Waals surface area (Å²) in [6.07, 6.45) is 3.91. The lowest BCUT2D eigenvalue weighted by molar-refractivity contribution is 0.143. The van der Waals surface area contributed by atoms with Crippen molar-refractivity contribution >= 4 is 0 Å². The van der Waals surface area contributed by atoms with E-state index in [-0.39, 0.29) is 0 Å². The molecule has 1 aromatic rings. The molecule has 4 heteroatoms. The minimum Gasteiger partial charge on any atom is -0.329 e. The smallest absolute Gasteiger partial charge is 0.0240 e. The fourth-order valence-electron chi connectivity index (χ4n) is 4.34. The SMILES string of the molecule is Cc1cc(CN2CCN(C)CC2)c(C)c(CN2CCCCC2CN)c1. The number of piperazine rings is 1. The van der Waals surface area contributed by atoms with E-state index in [1.807, 2.05) is 0 Å². The predicted molar refractivity (Wildman–Crippen MR) is 106 cm³/mol. The number of rotatable bonds is 5. The zero-order valence-electron chi connectivity index (χ0n) is 16.4. The Labute approximate surface area is 154 Å². The van der Waals surface area contributed by atoms with Gasteiger partial charge in [-0.15, -0.1) is 0 Å². The van der Waals surface area contributed by atoms with E-state index in [9.17, 15) is 0 Å². The summed E-state index contributed by atoms with van der Waals surface area (Å²) in [5.41, 5.74) is 11.9. The Kier molecular flexibility index (Phi) is 6.50. The van der Waals surface area contributed by atoms with Crippen molar-refractivity contribution < 1.29 is 0 Å². The number of benzene rings is 1. The summed E-state index contributed by atoms with van der Waals surface area (Å²) in [5.74, 6) is 0. The second-order valence-corrected chi connectivity index (χ2v) is 8.14. The normalized spacial score (nSPS) is 23.9. The number of aryl methyl sites for hydroxylation is 1. The van der Waals surface area contributed by atoms with E-state index in [0.29, 0.717) is 6.04 Å². The Bertz CT molecular complexity index is 563. The van der Waals surface area contributed by atoms with Gasteiger partial charge in [0, 0.05) is 51.9 Å². The van der Waals surface area contributed by atoms with E-state index in [1.165, 1.54) is 74.2 Å². The lowest BCUT2D eigenvalue weighted by Crippen LogP contribution is -2.44. The molecule has 0 radical (unpaired) electrons. The molecule has 1 aromatic carbocycles. The van der Waals surface area contributed by atoms with E-state index in [0.717, 1.165) is 19.6 Å². The fraction of sp³-hybridized carbons (Fsp3) is 0.714. The number of hydrogen-bond acceptors (Lipinski definition) is 4. The van der Waals surface area contributed by atoms with Crippen LogP contribution in [0, 0.1) is 13.8 Å². The third kappa shape index (κ3) is 4.82. The highest BCUT2D eigenvalue weighted by Crippen LogP contribution is 2.24. The van der Waals surface area contributed by atoms with Crippen LogP contribution >= 0.6 is 0 Å². The van der Waals surface area contributed by atoms with Crippen molar-refractivity contribution in [1.82, 2.24) is 14.7 Å². The molecule has 0 amide bonds. The molecule has 1 atom stereocenters. The zero-order valence-corrected chi connectivity index (χ0v) is 16.4. The van der Waals surface area contributed by atoms with E-state index in [4.69, 9.17) is 5.73 Å². The van der Waals surface area contributed by atoms with Crippen molar-refractivity contribution in [2.45, 2.75) is 52.2 Å². The number of hydrogen-bond donors (Lipinski definition) is 1. The number of likely N-dealkylation sites (N-methyl/N-ethyl adjacent to an activating group) is 1. The van der Waals surface area contributed by atoms with Gasteiger partial charge in [-0.1, -0.05) is 24.1 Å². The second-order valence-electron chi connectivity index (χ2n) is 8.14. The molecule has 1 unspecified atom stereocenters. The summed E-state index contributed by atoms with van der Waals surface area (Å²) >= 11 is 0. The van der Waals surface area contributed by atoms with Gasteiger partial charge in [-0.2, -0.15) is 0 Å². The van der Waals surface area contributed by atoms with E-state index in [2.05, 4.69) is 47.7 Å². The average molecular weight is 345 g/mol. The molecular weight excluding hydrogens is 308 g/mol. The monoisotopic (exact) mass is 344 g/mol. The van der Waals surface area contributed by atoms with Crippen LogP contribution in [0.15, 0.2) is 12.1 Å². The number of nitrogens with zero attached hydrogens (tertiary/aromatic N) is 3. The molecule has 140 valence electrons. The third-order valence-electron chi connectivity index (χ3n) is 6.15. The quantitative estimate of drug-likeness (QED) is 0.889. The molecule has 2 heterocycles. The standard InChI is InChI=1S/C21H36N4/c1-17-12-19(15-24-10-8-23(3)9-11-24)18(2)20(13-17)16-25-7-5-4-6-21(25)14-22/h12-13,21H,4-11,14-16,22H2,1-3H3. The molecule has 2 N–H and O–H groups in total. The van der Waals surface area contributed by atoms with Crippen molar-refractivity contribution in [2.24, 2.45) is 5.73 Å². The summed E-state index contributed by atoms with van der Waals surface area (Å²) < 4.78 is 0.